The summed E-state index contributed by atoms with van der Waals surface area (Å²) in [5.74, 6) is 0. The second-order valence-corrected chi connectivity index (χ2v) is 24.4. The minimum atomic E-state index is 0.887. The Morgan fingerprint density at radius 3 is 0.760 bits per heavy atom. The zero-order valence-electron chi connectivity index (χ0n) is 52.1. The molecule has 0 fully saturated rings. The third kappa shape index (κ3) is 10.2. The van der Waals surface area contributed by atoms with Crippen LogP contribution < -0.4 is 14.7 Å². The summed E-state index contributed by atoms with van der Waals surface area (Å²) in [5, 5.41) is 6.72. The van der Waals surface area contributed by atoms with Crippen LogP contribution in [0.15, 0.2) is 371 Å². The molecule has 0 radical (unpaired) electrons. The van der Waals surface area contributed by atoms with Gasteiger partial charge in [0.05, 0.1) is 0 Å². The van der Waals surface area contributed by atoms with E-state index in [0.717, 1.165) is 173 Å². The summed E-state index contributed by atoms with van der Waals surface area (Å²) >= 11 is 0. The van der Waals surface area contributed by atoms with Crippen LogP contribution in [0.5, 0.6) is 0 Å². The van der Waals surface area contributed by atoms with E-state index in [1.165, 1.54) is 0 Å². The molecule has 18 aromatic rings. The molecule has 3 aromatic heterocycles. The highest BCUT2D eigenvalue weighted by Gasteiger charge is 2.20. The lowest BCUT2D eigenvalue weighted by Crippen LogP contribution is -2.10. The molecule has 452 valence electrons. The fourth-order valence-electron chi connectivity index (χ4n) is 13.9. The predicted octanol–water partition coefficient (Wildman–Crippen LogP) is 26.1. The molecule has 0 aliphatic heterocycles. The van der Waals surface area contributed by atoms with Crippen LogP contribution in [0.25, 0.3) is 121 Å². The Balaban J connectivity index is 0.640. The Kier molecular flexibility index (Phi) is 13.8. The van der Waals surface area contributed by atoms with Crippen LogP contribution in [0.2, 0.25) is 0 Å². The smallest absolute Gasteiger partial charge is 0.143 e. The lowest BCUT2D eigenvalue weighted by molar-refractivity contribution is 0.668. The first-order chi connectivity index (χ1) is 47.5. The van der Waals surface area contributed by atoms with Crippen LogP contribution in [0, 0.1) is 0 Å². The van der Waals surface area contributed by atoms with Gasteiger partial charge in [0.1, 0.15) is 33.5 Å². The molecule has 0 saturated heterocycles. The van der Waals surface area contributed by atoms with Crippen molar-refractivity contribution in [3.05, 3.63) is 358 Å². The van der Waals surface area contributed by atoms with Gasteiger partial charge in [0.2, 0.25) is 0 Å². The molecule has 0 amide bonds. The van der Waals surface area contributed by atoms with Gasteiger partial charge in [-0.3, -0.25) is 0 Å². The fourth-order valence-corrected chi connectivity index (χ4v) is 13.9. The van der Waals surface area contributed by atoms with Gasteiger partial charge in [-0.15, -0.1) is 0 Å². The number of rotatable bonds is 14. The summed E-state index contributed by atoms with van der Waals surface area (Å²) in [7, 11) is 0. The molecule has 6 nitrogen and oxygen atoms in total. The zero-order valence-corrected chi connectivity index (χ0v) is 52.1. The van der Waals surface area contributed by atoms with E-state index in [1.54, 1.807) is 0 Å². The fraction of sp³-hybridized carbons (Fsp3) is 0. The average molecular weight is 1230 g/mol. The Morgan fingerprint density at radius 1 is 0.156 bits per heavy atom. The molecule has 0 atom stereocenters. The Morgan fingerprint density at radius 2 is 0.406 bits per heavy atom. The van der Waals surface area contributed by atoms with E-state index in [-0.39, 0.29) is 0 Å². The standard InChI is InChI=1S/C90H59N3O3/c1-3-14-69(15-4-1)91(73-50-34-64(35-51-73)67-40-56-88-83(58-67)80-19-8-10-23-85(80)94-88)71-42-26-60(27-43-71)62-30-46-75(47-31-62)93(77-54-38-66(39-55-77)78-21-13-22-82-79-18-7-12-25-87(79)96-90(78)82)76-48-32-63(33-49-76)61-28-44-72(45-29-61)92(70-16-5-2-6-17-70)74-52-36-65(37-53-74)68-41-57-89-84(59-68)81-20-9-11-24-86(81)95-89/h1-59H. The third-order valence-corrected chi connectivity index (χ3v) is 18.7. The van der Waals surface area contributed by atoms with Crippen LogP contribution in [0.3, 0.4) is 0 Å². The SMILES string of the molecule is c1ccc(N(c2ccc(-c3ccc(N(c4ccc(-c5ccc(N(c6ccccc6)c6ccc(-c7ccc8oc9ccccc9c8c7)cc6)cc5)cc4)c4ccc(-c5cccc6c5oc5ccccc56)cc4)cc3)cc2)c2ccc(-c3ccc4oc5ccccc5c4c3)cc2)cc1. The van der Waals surface area contributed by atoms with Crippen LogP contribution >= 0.6 is 0 Å². The van der Waals surface area contributed by atoms with Gasteiger partial charge in [-0.1, -0.05) is 206 Å². The molecule has 0 bridgehead atoms. The number of anilines is 9. The number of hydrogen-bond donors (Lipinski definition) is 0. The first kappa shape index (κ1) is 55.9. The Bertz CT molecular complexity index is 5550. The highest BCUT2D eigenvalue weighted by molar-refractivity contribution is 6.10. The maximum absolute atomic E-state index is 6.52. The minimum Gasteiger partial charge on any atom is -0.456 e. The summed E-state index contributed by atoms with van der Waals surface area (Å²) in [6.07, 6.45) is 0. The van der Waals surface area contributed by atoms with Gasteiger partial charge in [-0.05, 0) is 202 Å². The van der Waals surface area contributed by atoms with E-state index in [4.69, 9.17) is 13.3 Å². The number of fused-ring (bicyclic) bond motifs is 9. The second-order valence-electron chi connectivity index (χ2n) is 24.4. The van der Waals surface area contributed by atoms with Crippen LogP contribution in [-0.2, 0) is 0 Å². The molecule has 96 heavy (non-hydrogen) atoms. The number of hydrogen-bond acceptors (Lipinski definition) is 6. The monoisotopic (exact) mass is 1230 g/mol. The van der Waals surface area contributed by atoms with Crippen molar-refractivity contribution >= 4 is 117 Å². The number of furan rings is 3. The normalized spacial score (nSPS) is 11.5. The van der Waals surface area contributed by atoms with Crippen LogP contribution in [0.4, 0.5) is 51.2 Å². The molecule has 0 unspecified atom stereocenters. The second kappa shape index (κ2) is 23.7. The van der Waals surface area contributed by atoms with E-state index >= 15 is 0 Å². The Hall–Kier alpha value is -12.9. The topological polar surface area (TPSA) is 49.1 Å². The van der Waals surface area contributed by atoms with E-state index in [0.29, 0.717) is 0 Å². The van der Waals surface area contributed by atoms with Gasteiger partial charge in [0.15, 0.2) is 0 Å². The van der Waals surface area contributed by atoms with Crippen molar-refractivity contribution in [3.63, 3.8) is 0 Å². The highest BCUT2D eigenvalue weighted by atomic mass is 16.3. The predicted molar refractivity (Wildman–Crippen MR) is 400 cm³/mol. The van der Waals surface area contributed by atoms with Crippen LogP contribution in [-0.4, -0.2) is 0 Å². The summed E-state index contributed by atoms with van der Waals surface area (Å²) in [4.78, 5) is 6.97. The summed E-state index contributed by atoms with van der Waals surface area (Å²) in [5.41, 5.74) is 26.1. The minimum absolute atomic E-state index is 0.887. The highest BCUT2D eigenvalue weighted by Crippen LogP contribution is 2.44. The first-order valence-electron chi connectivity index (χ1n) is 32.5. The van der Waals surface area contributed by atoms with Gasteiger partial charge in [0.25, 0.3) is 0 Å². The molecule has 3 heterocycles. The number of nitrogens with zero attached hydrogens (tertiary/aromatic N) is 3. The van der Waals surface area contributed by atoms with E-state index in [2.05, 4.69) is 336 Å². The van der Waals surface area contributed by atoms with E-state index in [9.17, 15) is 0 Å². The zero-order chi connectivity index (χ0) is 63.5. The van der Waals surface area contributed by atoms with Crippen molar-refractivity contribution < 1.29 is 13.3 Å². The van der Waals surface area contributed by atoms with E-state index in [1.807, 2.05) is 36.4 Å². The molecule has 0 spiro atoms. The molecule has 0 N–H and O–H groups in total. The van der Waals surface area contributed by atoms with Crippen molar-refractivity contribution in [2.24, 2.45) is 0 Å². The first-order valence-corrected chi connectivity index (χ1v) is 32.5. The molecule has 18 rings (SSSR count). The lowest BCUT2D eigenvalue weighted by Gasteiger charge is -2.27. The van der Waals surface area contributed by atoms with Gasteiger partial charge < -0.3 is 28.0 Å². The average Bonchev–Trinajstić information content (AvgIpc) is 2.30. The molecule has 0 aliphatic carbocycles. The van der Waals surface area contributed by atoms with Crippen molar-refractivity contribution in [2.45, 2.75) is 0 Å². The van der Waals surface area contributed by atoms with Crippen LogP contribution in [0.1, 0.15) is 0 Å². The molecule has 0 aliphatic rings. The molecule has 6 heteroatoms. The molecule has 15 aromatic carbocycles. The molecular weight excluding hydrogens is 1170 g/mol. The van der Waals surface area contributed by atoms with Gasteiger partial charge >= 0.3 is 0 Å². The van der Waals surface area contributed by atoms with E-state index < -0.39 is 0 Å². The number of para-hydroxylation sites is 6. The van der Waals surface area contributed by atoms with Crippen molar-refractivity contribution in [2.75, 3.05) is 14.7 Å². The largest absolute Gasteiger partial charge is 0.456 e. The lowest BCUT2D eigenvalue weighted by atomic mass is 10.0. The third-order valence-electron chi connectivity index (χ3n) is 18.7. The van der Waals surface area contributed by atoms with Crippen molar-refractivity contribution in [1.82, 2.24) is 0 Å². The summed E-state index contributed by atoms with van der Waals surface area (Å²) in [6.45, 7) is 0. The van der Waals surface area contributed by atoms with Gasteiger partial charge in [-0.2, -0.15) is 0 Å². The molecular formula is C90H59N3O3. The van der Waals surface area contributed by atoms with Gasteiger partial charge in [-0.25, -0.2) is 0 Å². The summed E-state index contributed by atoms with van der Waals surface area (Å²) < 4.78 is 18.8. The number of benzene rings is 15. The maximum atomic E-state index is 6.52. The quantitative estimate of drug-likeness (QED) is 0.108. The van der Waals surface area contributed by atoms with Crippen molar-refractivity contribution in [1.29, 1.82) is 0 Å². The van der Waals surface area contributed by atoms with Crippen molar-refractivity contribution in [3.8, 4) is 55.6 Å². The van der Waals surface area contributed by atoms with Gasteiger partial charge in [0, 0.05) is 89.1 Å². The summed E-state index contributed by atoms with van der Waals surface area (Å²) in [6, 6.07) is 128. The maximum Gasteiger partial charge on any atom is 0.143 e. The Labute approximate surface area is 555 Å². The molecule has 0 saturated carbocycles.